The molecule has 0 bridgehead atoms. The standard InChI is InChI=1S/C18H13N3O3/c1-22-17-13(11-12-5-2-3-6-14(12)19-17)8-9-16-20-18(24-21-16)15-7-4-10-23-15/h2-11H,1H3/b9-8+. The summed E-state index contributed by atoms with van der Waals surface area (Å²) in [5.41, 5.74) is 1.71. The van der Waals surface area contributed by atoms with E-state index < -0.39 is 0 Å². The summed E-state index contributed by atoms with van der Waals surface area (Å²) in [6, 6.07) is 13.4. The predicted molar refractivity (Wildman–Crippen MR) is 89.2 cm³/mol. The molecule has 4 rings (SSSR count). The largest absolute Gasteiger partial charge is 0.481 e. The summed E-state index contributed by atoms with van der Waals surface area (Å²) in [4.78, 5) is 8.77. The lowest BCUT2D eigenvalue weighted by Crippen LogP contribution is -1.92. The van der Waals surface area contributed by atoms with Crippen LogP contribution in [-0.2, 0) is 0 Å². The van der Waals surface area contributed by atoms with Gasteiger partial charge in [0.05, 0.1) is 18.9 Å². The van der Waals surface area contributed by atoms with E-state index in [9.17, 15) is 0 Å². The van der Waals surface area contributed by atoms with Crippen molar-refractivity contribution >= 4 is 23.1 Å². The van der Waals surface area contributed by atoms with Crippen LogP contribution < -0.4 is 4.74 Å². The van der Waals surface area contributed by atoms with E-state index in [1.165, 1.54) is 0 Å². The highest BCUT2D eigenvalue weighted by molar-refractivity contribution is 5.84. The fraction of sp³-hybridized carbons (Fsp3) is 0.0556. The van der Waals surface area contributed by atoms with E-state index in [2.05, 4.69) is 15.1 Å². The maximum atomic E-state index is 5.36. The first kappa shape index (κ1) is 14.2. The molecule has 0 spiro atoms. The van der Waals surface area contributed by atoms with Crippen molar-refractivity contribution in [3.8, 4) is 17.5 Å². The van der Waals surface area contributed by atoms with Gasteiger partial charge < -0.3 is 13.7 Å². The molecule has 0 aliphatic heterocycles. The molecule has 0 aliphatic carbocycles. The molecule has 3 aromatic heterocycles. The summed E-state index contributed by atoms with van der Waals surface area (Å²) >= 11 is 0. The number of ether oxygens (including phenoxy) is 1. The first-order valence-corrected chi connectivity index (χ1v) is 7.33. The topological polar surface area (TPSA) is 74.2 Å². The number of aromatic nitrogens is 3. The van der Waals surface area contributed by atoms with Crippen LogP contribution in [0.25, 0.3) is 34.7 Å². The van der Waals surface area contributed by atoms with Crippen LogP contribution in [0.5, 0.6) is 5.88 Å². The van der Waals surface area contributed by atoms with E-state index in [0.717, 1.165) is 16.5 Å². The Labute approximate surface area is 137 Å². The molecule has 118 valence electrons. The fourth-order valence-electron chi connectivity index (χ4n) is 2.36. The van der Waals surface area contributed by atoms with Gasteiger partial charge in [0.15, 0.2) is 11.6 Å². The average Bonchev–Trinajstić information content (AvgIpc) is 3.30. The summed E-state index contributed by atoms with van der Waals surface area (Å²) < 4.78 is 15.8. The van der Waals surface area contributed by atoms with Crippen LogP contribution in [-0.4, -0.2) is 22.2 Å². The zero-order valence-corrected chi connectivity index (χ0v) is 12.8. The van der Waals surface area contributed by atoms with Gasteiger partial charge in [0.25, 0.3) is 5.89 Å². The number of para-hydroxylation sites is 1. The maximum absolute atomic E-state index is 5.36. The second-order valence-electron chi connectivity index (χ2n) is 5.05. The molecular formula is C18H13N3O3. The zero-order valence-electron chi connectivity index (χ0n) is 12.8. The van der Waals surface area contributed by atoms with Crippen molar-refractivity contribution in [2.75, 3.05) is 7.11 Å². The van der Waals surface area contributed by atoms with E-state index in [1.54, 1.807) is 31.6 Å². The Balaban J connectivity index is 1.67. The molecule has 0 fully saturated rings. The molecule has 0 saturated carbocycles. The van der Waals surface area contributed by atoms with Crippen LogP contribution in [0, 0.1) is 0 Å². The minimum Gasteiger partial charge on any atom is -0.481 e. The quantitative estimate of drug-likeness (QED) is 0.565. The average molecular weight is 319 g/mol. The van der Waals surface area contributed by atoms with Gasteiger partial charge in [0.1, 0.15) is 0 Å². The van der Waals surface area contributed by atoms with Crippen molar-refractivity contribution in [1.82, 2.24) is 15.1 Å². The molecular weight excluding hydrogens is 306 g/mol. The molecule has 1 aromatic carbocycles. The molecule has 0 N–H and O–H groups in total. The number of hydrogen-bond acceptors (Lipinski definition) is 6. The van der Waals surface area contributed by atoms with E-state index >= 15 is 0 Å². The Morgan fingerprint density at radius 1 is 1.04 bits per heavy atom. The number of fused-ring (bicyclic) bond motifs is 1. The van der Waals surface area contributed by atoms with Crippen molar-refractivity contribution in [2.24, 2.45) is 0 Å². The Morgan fingerprint density at radius 3 is 2.79 bits per heavy atom. The lowest BCUT2D eigenvalue weighted by molar-refractivity contribution is 0.398. The molecule has 0 saturated heterocycles. The third kappa shape index (κ3) is 2.65. The molecule has 6 heteroatoms. The van der Waals surface area contributed by atoms with Crippen LogP contribution in [0.15, 0.2) is 57.7 Å². The summed E-state index contributed by atoms with van der Waals surface area (Å²) in [5, 5.41) is 4.94. The van der Waals surface area contributed by atoms with Gasteiger partial charge in [0.2, 0.25) is 5.88 Å². The van der Waals surface area contributed by atoms with Crippen molar-refractivity contribution < 1.29 is 13.7 Å². The van der Waals surface area contributed by atoms with E-state index in [4.69, 9.17) is 13.7 Å². The summed E-state index contributed by atoms with van der Waals surface area (Å²) in [7, 11) is 1.60. The molecule has 0 atom stereocenters. The van der Waals surface area contributed by atoms with Gasteiger partial charge in [-0.15, -0.1) is 0 Å². The number of rotatable bonds is 4. The van der Waals surface area contributed by atoms with Gasteiger partial charge >= 0.3 is 0 Å². The first-order chi connectivity index (χ1) is 11.8. The Kier molecular flexibility index (Phi) is 3.55. The normalized spacial score (nSPS) is 11.4. The van der Waals surface area contributed by atoms with Crippen molar-refractivity contribution in [3.63, 3.8) is 0 Å². The second-order valence-corrected chi connectivity index (χ2v) is 5.05. The van der Waals surface area contributed by atoms with Crippen LogP contribution in [0.3, 0.4) is 0 Å². The van der Waals surface area contributed by atoms with Crippen LogP contribution in [0.1, 0.15) is 11.4 Å². The predicted octanol–water partition coefficient (Wildman–Crippen LogP) is 4.06. The summed E-state index contributed by atoms with van der Waals surface area (Å²) in [5.74, 6) is 1.85. The zero-order chi connectivity index (χ0) is 16.4. The minimum atomic E-state index is 0.336. The van der Waals surface area contributed by atoms with Gasteiger partial charge in [-0.2, -0.15) is 4.98 Å². The molecule has 3 heterocycles. The minimum absolute atomic E-state index is 0.336. The molecule has 0 amide bonds. The number of nitrogens with zero attached hydrogens (tertiary/aromatic N) is 3. The summed E-state index contributed by atoms with van der Waals surface area (Å²) in [6.07, 6.45) is 5.14. The van der Waals surface area contributed by atoms with Gasteiger partial charge in [-0.1, -0.05) is 23.4 Å². The smallest absolute Gasteiger partial charge is 0.293 e. The third-order valence-electron chi connectivity index (χ3n) is 3.50. The lowest BCUT2D eigenvalue weighted by atomic mass is 10.1. The number of pyridine rings is 1. The second kappa shape index (κ2) is 6.00. The van der Waals surface area contributed by atoms with Gasteiger partial charge in [-0.05, 0) is 36.4 Å². The van der Waals surface area contributed by atoms with E-state index in [-0.39, 0.29) is 0 Å². The van der Waals surface area contributed by atoms with E-state index in [1.807, 2.05) is 36.4 Å². The maximum Gasteiger partial charge on any atom is 0.293 e. The Morgan fingerprint density at radius 2 is 1.96 bits per heavy atom. The molecule has 6 nitrogen and oxygen atoms in total. The van der Waals surface area contributed by atoms with Crippen molar-refractivity contribution in [3.05, 3.63) is 60.1 Å². The Hall–Kier alpha value is -3.41. The van der Waals surface area contributed by atoms with Crippen LogP contribution in [0.2, 0.25) is 0 Å². The highest BCUT2D eigenvalue weighted by Gasteiger charge is 2.10. The van der Waals surface area contributed by atoms with Gasteiger partial charge in [-0.3, -0.25) is 0 Å². The van der Waals surface area contributed by atoms with Crippen LogP contribution >= 0.6 is 0 Å². The highest BCUT2D eigenvalue weighted by atomic mass is 16.5. The SMILES string of the molecule is COc1nc2ccccc2cc1/C=C/c1noc(-c2ccco2)n1. The number of furan rings is 1. The van der Waals surface area contributed by atoms with Gasteiger partial charge in [-0.25, -0.2) is 4.98 Å². The molecule has 24 heavy (non-hydrogen) atoms. The number of benzene rings is 1. The van der Waals surface area contributed by atoms with Crippen molar-refractivity contribution in [1.29, 1.82) is 0 Å². The number of hydrogen-bond donors (Lipinski definition) is 0. The van der Waals surface area contributed by atoms with E-state index in [0.29, 0.717) is 23.4 Å². The monoisotopic (exact) mass is 319 g/mol. The third-order valence-corrected chi connectivity index (χ3v) is 3.50. The van der Waals surface area contributed by atoms with Crippen LogP contribution in [0.4, 0.5) is 0 Å². The Bertz CT molecular complexity index is 1000. The lowest BCUT2D eigenvalue weighted by Gasteiger charge is -2.05. The van der Waals surface area contributed by atoms with Crippen molar-refractivity contribution in [2.45, 2.75) is 0 Å². The molecule has 0 radical (unpaired) electrons. The molecule has 0 aliphatic rings. The fourth-order valence-corrected chi connectivity index (χ4v) is 2.36. The molecule has 4 aromatic rings. The van der Waals surface area contributed by atoms with Gasteiger partial charge in [0, 0.05) is 10.9 Å². The molecule has 0 unspecified atom stereocenters. The number of methoxy groups -OCH3 is 1. The first-order valence-electron chi connectivity index (χ1n) is 7.33. The highest BCUT2D eigenvalue weighted by Crippen LogP contribution is 2.24. The summed E-state index contributed by atoms with van der Waals surface area (Å²) in [6.45, 7) is 0.